The van der Waals surface area contributed by atoms with Gasteiger partial charge in [0.1, 0.15) is 5.58 Å². The van der Waals surface area contributed by atoms with Gasteiger partial charge in [-0.15, -0.1) is 0 Å². The molecule has 0 amide bonds. The largest absolute Gasteiger partial charge is 0.454 e. The van der Waals surface area contributed by atoms with E-state index in [1.807, 2.05) is 72.8 Å². The summed E-state index contributed by atoms with van der Waals surface area (Å²) >= 11 is 0. The maximum absolute atomic E-state index is 6.96. The fourth-order valence-electron chi connectivity index (χ4n) is 8.52. The Morgan fingerprint density at radius 2 is 1.09 bits per heavy atom. The Morgan fingerprint density at radius 1 is 0.491 bits per heavy atom. The summed E-state index contributed by atoms with van der Waals surface area (Å²) in [5.41, 5.74) is 12.7. The maximum atomic E-state index is 6.96. The molecule has 5 nitrogen and oxygen atoms in total. The Bertz CT molecular complexity index is 3010. The van der Waals surface area contributed by atoms with Crippen LogP contribution in [0.5, 0.6) is 0 Å². The van der Waals surface area contributed by atoms with Crippen molar-refractivity contribution in [2.24, 2.45) is 0 Å². The molecule has 250 valence electrons. The van der Waals surface area contributed by atoms with Crippen molar-refractivity contribution >= 4 is 43.7 Å². The molecule has 1 aliphatic rings. The van der Waals surface area contributed by atoms with E-state index in [-0.39, 0.29) is 5.41 Å². The molecule has 0 fully saturated rings. The summed E-state index contributed by atoms with van der Waals surface area (Å²) < 4.78 is 9.34. The topological polar surface area (TPSA) is 56.7 Å². The molecular weight excluding hydrogens is 649 g/mol. The van der Waals surface area contributed by atoms with Crippen LogP contribution in [-0.4, -0.2) is 19.5 Å². The van der Waals surface area contributed by atoms with Crippen LogP contribution in [0, 0.1) is 0 Å². The van der Waals surface area contributed by atoms with Crippen LogP contribution in [0.1, 0.15) is 25.0 Å². The lowest BCUT2D eigenvalue weighted by atomic mass is 9.82. The van der Waals surface area contributed by atoms with E-state index in [9.17, 15) is 0 Å². The lowest BCUT2D eigenvalue weighted by molar-refractivity contribution is 0.661. The van der Waals surface area contributed by atoms with E-state index < -0.39 is 0 Å². The van der Waals surface area contributed by atoms with Gasteiger partial charge in [-0.2, -0.15) is 0 Å². The average Bonchev–Trinajstić information content (AvgIpc) is 3.83. The van der Waals surface area contributed by atoms with Gasteiger partial charge in [0.2, 0.25) is 0 Å². The minimum absolute atomic E-state index is 0.156. The predicted molar refractivity (Wildman–Crippen MR) is 215 cm³/mol. The van der Waals surface area contributed by atoms with Gasteiger partial charge < -0.3 is 8.98 Å². The zero-order valence-electron chi connectivity index (χ0n) is 29.2. The molecule has 0 aliphatic heterocycles. The van der Waals surface area contributed by atoms with Gasteiger partial charge in [-0.25, -0.2) is 15.0 Å². The highest BCUT2D eigenvalue weighted by molar-refractivity contribution is 6.26. The van der Waals surface area contributed by atoms with Crippen molar-refractivity contribution in [2.75, 3.05) is 0 Å². The number of rotatable bonds is 4. The summed E-state index contributed by atoms with van der Waals surface area (Å²) in [6.45, 7) is 4.67. The molecule has 11 rings (SSSR count). The molecule has 3 aromatic heterocycles. The normalized spacial score (nSPS) is 13.2. The Balaban J connectivity index is 1.31. The molecule has 53 heavy (non-hydrogen) atoms. The van der Waals surface area contributed by atoms with Crippen molar-refractivity contribution < 1.29 is 4.42 Å². The number of furan rings is 1. The minimum atomic E-state index is -0.156. The molecule has 0 unspecified atom stereocenters. The molecule has 0 saturated carbocycles. The Morgan fingerprint density at radius 3 is 1.81 bits per heavy atom. The quantitative estimate of drug-likeness (QED) is 0.186. The van der Waals surface area contributed by atoms with Gasteiger partial charge in [0.05, 0.1) is 11.0 Å². The van der Waals surface area contributed by atoms with Crippen molar-refractivity contribution in [3.05, 3.63) is 169 Å². The molecule has 7 aromatic carbocycles. The van der Waals surface area contributed by atoms with Crippen LogP contribution in [-0.2, 0) is 5.41 Å². The molecule has 0 spiro atoms. The number of fused-ring (bicyclic) bond motifs is 10. The Hall–Kier alpha value is -6.85. The van der Waals surface area contributed by atoms with Crippen LogP contribution < -0.4 is 0 Å². The van der Waals surface area contributed by atoms with E-state index in [2.05, 4.69) is 103 Å². The number of hydrogen-bond donors (Lipinski definition) is 0. The third kappa shape index (κ3) is 4.34. The number of benzene rings is 7. The monoisotopic (exact) mass is 680 g/mol. The summed E-state index contributed by atoms with van der Waals surface area (Å²) in [5.74, 6) is 1.85. The summed E-state index contributed by atoms with van der Waals surface area (Å²) in [5, 5.41) is 4.25. The molecule has 0 N–H and O–H groups in total. The fourth-order valence-corrected chi connectivity index (χ4v) is 8.52. The SMILES string of the molecule is CC1(C)c2ccccc2-c2cc3c(cc21)c1cc(-c2nc(-c4ccccc4)nc(-c4ccccc4)n2)c2c4ccccc4oc2c1n3-c1ccccc1. The van der Waals surface area contributed by atoms with Gasteiger partial charge in [-0.1, -0.05) is 135 Å². The second kappa shape index (κ2) is 11.1. The van der Waals surface area contributed by atoms with Gasteiger partial charge in [-0.05, 0) is 58.7 Å². The molecule has 0 radical (unpaired) electrons. The van der Waals surface area contributed by atoms with E-state index in [1.165, 1.54) is 22.3 Å². The first kappa shape index (κ1) is 29.8. The maximum Gasteiger partial charge on any atom is 0.164 e. The standard InChI is InChI=1S/C48H32N4O/c1-48(2)38-24-14-12-22-32(38)34-28-40-35(27-39(34)48)36-26-37(47-50-45(29-16-6-3-7-17-29)49-46(51-47)30-18-8-4-9-19-30)42-33-23-13-15-25-41(33)53-44(42)43(36)52(40)31-20-10-5-11-21-31/h3-28H,1-2H3. The first-order valence-electron chi connectivity index (χ1n) is 18.0. The number of para-hydroxylation sites is 2. The summed E-state index contributed by atoms with van der Waals surface area (Å²) in [6.07, 6.45) is 0. The van der Waals surface area contributed by atoms with Crippen molar-refractivity contribution in [3.63, 3.8) is 0 Å². The van der Waals surface area contributed by atoms with Crippen LogP contribution in [0.4, 0.5) is 0 Å². The lowest BCUT2D eigenvalue weighted by Crippen LogP contribution is -2.14. The number of aromatic nitrogens is 4. The number of hydrogen-bond acceptors (Lipinski definition) is 4. The predicted octanol–water partition coefficient (Wildman–Crippen LogP) is 12.2. The van der Waals surface area contributed by atoms with Crippen molar-refractivity contribution in [2.45, 2.75) is 19.3 Å². The summed E-state index contributed by atoms with van der Waals surface area (Å²) in [6, 6.07) is 55.1. The van der Waals surface area contributed by atoms with E-state index in [0.717, 1.165) is 66.1 Å². The highest BCUT2D eigenvalue weighted by atomic mass is 16.3. The van der Waals surface area contributed by atoms with Gasteiger partial charge in [0.25, 0.3) is 0 Å². The molecule has 0 bridgehead atoms. The van der Waals surface area contributed by atoms with Gasteiger partial charge in [-0.3, -0.25) is 0 Å². The summed E-state index contributed by atoms with van der Waals surface area (Å²) in [4.78, 5) is 15.5. The van der Waals surface area contributed by atoms with Crippen molar-refractivity contribution in [1.82, 2.24) is 19.5 Å². The first-order chi connectivity index (χ1) is 26.0. The molecule has 3 heterocycles. The van der Waals surface area contributed by atoms with E-state index >= 15 is 0 Å². The third-order valence-corrected chi connectivity index (χ3v) is 11.0. The smallest absolute Gasteiger partial charge is 0.164 e. The van der Waals surface area contributed by atoms with Gasteiger partial charge >= 0.3 is 0 Å². The lowest BCUT2D eigenvalue weighted by Gasteiger charge is -2.21. The Kier molecular flexibility index (Phi) is 6.23. The molecule has 0 saturated heterocycles. The van der Waals surface area contributed by atoms with Crippen LogP contribution in [0.2, 0.25) is 0 Å². The second-order valence-corrected chi connectivity index (χ2v) is 14.4. The molecule has 5 heteroatoms. The molecule has 1 aliphatic carbocycles. The van der Waals surface area contributed by atoms with Crippen LogP contribution in [0.15, 0.2) is 162 Å². The number of nitrogens with zero attached hydrogens (tertiary/aromatic N) is 4. The van der Waals surface area contributed by atoms with Crippen molar-refractivity contribution in [1.29, 1.82) is 0 Å². The zero-order chi connectivity index (χ0) is 35.3. The van der Waals surface area contributed by atoms with Crippen LogP contribution >= 0.6 is 0 Å². The zero-order valence-corrected chi connectivity index (χ0v) is 29.2. The van der Waals surface area contributed by atoms with Gasteiger partial charge in [0, 0.05) is 49.3 Å². The third-order valence-electron chi connectivity index (χ3n) is 11.0. The fraction of sp³-hybridized carbons (Fsp3) is 0.0625. The minimum Gasteiger partial charge on any atom is -0.454 e. The molecule has 0 atom stereocenters. The second-order valence-electron chi connectivity index (χ2n) is 14.4. The highest BCUT2D eigenvalue weighted by Crippen LogP contribution is 2.52. The van der Waals surface area contributed by atoms with E-state index in [1.54, 1.807) is 0 Å². The highest BCUT2D eigenvalue weighted by Gasteiger charge is 2.36. The Labute approximate surface area is 305 Å². The average molecular weight is 681 g/mol. The van der Waals surface area contributed by atoms with E-state index in [0.29, 0.717) is 17.5 Å². The van der Waals surface area contributed by atoms with Crippen LogP contribution in [0.3, 0.4) is 0 Å². The summed E-state index contributed by atoms with van der Waals surface area (Å²) in [7, 11) is 0. The first-order valence-corrected chi connectivity index (χ1v) is 18.0. The van der Waals surface area contributed by atoms with E-state index in [4.69, 9.17) is 19.4 Å². The van der Waals surface area contributed by atoms with Gasteiger partial charge in [0.15, 0.2) is 23.1 Å². The molecule has 10 aromatic rings. The van der Waals surface area contributed by atoms with Crippen LogP contribution in [0.25, 0.3) is 94.7 Å². The molecular formula is C48H32N4O. The van der Waals surface area contributed by atoms with Crippen molar-refractivity contribution in [3.8, 4) is 51.0 Å².